The summed E-state index contributed by atoms with van der Waals surface area (Å²) in [6.45, 7) is 7.61. The molecule has 0 saturated carbocycles. The van der Waals surface area contributed by atoms with E-state index < -0.39 is 59.6 Å². The molecule has 45 heavy (non-hydrogen) atoms. The van der Waals surface area contributed by atoms with Crippen molar-refractivity contribution in [3.8, 4) is 5.75 Å². The largest absolute Gasteiger partial charge is 0.487 e. The molecule has 0 spiro atoms. The zero-order chi connectivity index (χ0) is 33.1. The Morgan fingerprint density at radius 2 is 1.80 bits per heavy atom. The molecule has 2 aliphatic rings. The fourth-order valence-corrected chi connectivity index (χ4v) is 5.83. The fourth-order valence-electron chi connectivity index (χ4n) is 5.83. The van der Waals surface area contributed by atoms with Gasteiger partial charge in [-0.2, -0.15) is 0 Å². The van der Waals surface area contributed by atoms with E-state index >= 15 is 0 Å². The van der Waals surface area contributed by atoms with E-state index in [1.54, 1.807) is 23.8 Å². The molecule has 2 aromatic rings. The van der Waals surface area contributed by atoms with Gasteiger partial charge in [-0.1, -0.05) is 51.1 Å². The normalized spacial score (nSPS) is 21.9. The highest BCUT2D eigenvalue weighted by Gasteiger charge is 2.54. The molecule has 2 heterocycles. The Morgan fingerprint density at radius 1 is 1.11 bits per heavy atom. The van der Waals surface area contributed by atoms with Crippen LogP contribution in [0.3, 0.4) is 0 Å². The van der Waals surface area contributed by atoms with Crippen LogP contribution in [-0.2, 0) is 20.9 Å². The SMILES string of the molecule is CNC(O)N1CC(Oc2ccc(F)c(F)c2)C2C1CCN2C(=O)C(NC(=O)C(C)N(C)C(=O)OCc1ccccc1)C(C)(C)C. The summed E-state index contributed by atoms with van der Waals surface area (Å²) >= 11 is 0. The second kappa shape index (κ2) is 14.1. The summed E-state index contributed by atoms with van der Waals surface area (Å²) in [7, 11) is 3.05. The van der Waals surface area contributed by atoms with Gasteiger partial charge in [0.15, 0.2) is 18.0 Å². The van der Waals surface area contributed by atoms with Gasteiger partial charge in [0, 0.05) is 32.2 Å². The van der Waals surface area contributed by atoms with E-state index in [2.05, 4.69) is 10.6 Å². The molecular weight excluding hydrogens is 588 g/mol. The van der Waals surface area contributed by atoms with Crippen LogP contribution in [0, 0.1) is 17.0 Å². The van der Waals surface area contributed by atoms with Gasteiger partial charge in [0.2, 0.25) is 11.8 Å². The number of benzene rings is 2. The van der Waals surface area contributed by atoms with Crippen LogP contribution < -0.4 is 15.4 Å². The molecule has 246 valence electrons. The van der Waals surface area contributed by atoms with Gasteiger partial charge in [0.25, 0.3) is 0 Å². The molecule has 3 N–H and O–H groups in total. The molecule has 0 aromatic heterocycles. The maximum atomic E-state index is 14.2. The minimum Gasteiger partial charge on any atom is -0.487 e. The summed E-state index contributed by atoms with van der Waals surface area (Å²) in [6, 6.07) is 9.61. The number of hydrogen-bond donors (Lipinski definition) is 3. The molecule has 0 bridgehead atoms. The molecule has 3 amide bonds. The first-order valence-electron chi connectivity index (χ1n) is 15.0. The van der Waals surface area contributed by atoms with Gasteiger partial charge in [-0.05, 0) is 43.5 Å². The number of likely N-dealkylation sites (N-methyl/N-ethyl adjacent to an activating group) is 1. The van der Waals surface area contributed by atoms with Crippen molar-refractivity contribution >= 4 is 17.9 Å². The molecule has 0 aliphatic carbocycles. The van der Waals surface area contributed by atoms with Crippen LogP contribution in [0.15, 0.2) is 48.5 Å². The topological polar surface area (TPSA) is 124 Å². The van der Waals surface area contributed by atoms with Crippen LogP contribution in [0.25, 0.3) is 0 Å². The number of nitrogens with zero attached hydrogens (tertiary/aromatic N) is 3. The van der Waals surface area contributed by atoms with E-state index in [0.29, 0.717) is 13.0 Å². The second-order valence-corrected chi connectivity index (χ2v) is 12.6. The standard InChI is InChI=1S/C32H43F2N5O6/c1-19(37(6)31(43)44-18-20-10-8-7-9-11-20)28(40)36-27(32(2,3)4)29(41)38-15-14-24-26(38)25(17-39(24)30(42)35-5)45-21-12-13-22(33)23(34)16-21/h7-13,16,19,24-27,30,35,42H,14-15,17-18H2,1-6H3,(H,36,40). The van der Waals surface area contributed by atoms with Crippen molar-refractivity contribution in [1.29, 1.82) is 0 Å². The third kappa shape index (κ3) is 7.71. The van der Waals surface area contributed by atoms with Crippen LogP contribution in [0.4, 0.5) is 13.6 Å². The third-order valence-corrected chi connectivity index (χ3v) is 8.50. The quantitative estimate of drug-likeness (QED) is 0.342. The van der Waals surface area contributed by atoms with Crippen molar-refractivity contribution in [2.75, 3.05) is 27.2 Å². The van der Waals surface area contributed by atoms with Crippen molar-refractivity contribution in [1.82, 2.24) is 25.3 Å². The van der Waals surface area contributed by atoms with Crippen LogP contribution in [0.2, 0.25) is 0 Å². The Balaban J connectivity index is 1.50. The highest BCUT2D eigenvalue weighted by atomic mass is 19.2. The maximum absolute atomic E-state index is 14.2. The molecular formula is C32H43F2N5O6. The number of aliphatic hydroxyl groups excluding tert-OH is 1. The maximum Gasteiger partial charge on any atom is 0.410 e. The summed E-state index contributed by atoms with van der Waals surface area (Å²) in [5, 5.41) is 16.3. The summed E-state index contributed by atoms with van der Waals surface area (Å²) in [4.78, 5) is 45.0. The third-order valence-electron chi connectivity index (χ3n) is 8.50. The second-order valence-electron chi connectivity index (χ2n) is 12.6. The average Bonchev–Trinajstić information content (AvgIpc) is 3.60. The minimum absolute atomic E-state index is 0.0477. The highest BCUT2D eigenvalue weighted by Crippen LogP contribution is 2.36. The average molecular weight is 632 g/mol. The van der Waals surface area contributed by atoms with E-state index in [0.717, 1.165) is 17.7 Å². The van der Waals surface area contributed by atoms with Crippen LogP contribution in [-0.4, -0.2) is 102 Å². The molecule has 2 saturated heterocycles. The number of amides is 3. The molecule has 6 atom stereocenters. The number of hydrogen-bond acceptors (Lipinski definition) is 8. The van der Waals surface area contributed by atoms with E-state index in [1.807, 2.05) is 51.1 Å². The lowest BCUT2D eigenvalue weighted by atomic mass is 9.85. The number of carbonyl (C=O) groups is 3. The zero-order valence-electron chi connectivity index (χ0n) is 26.5. The number of likely N-dealkylation sites (tertiary alicyclic amines) is 2. The monoisotopic (exact) mass is 631 g/mol. The van der Waals surface area contributed by atoms with Crippen LogP contribution in [0.1, 0.15) is 39.7 Å². The molecule has 2 aromatic carbocycles. The first-order chi connectivity index (χ1) is 21.2. The summed E-state index contributed by atoms with van der Waals surface area (Å²) < 4.78 is 39.0. The Kier molecular flexibility index (Phi) is 10.7. The molecule has 13 heteroatoms. The molecule has 6 unspecified atom stereocenters. The number of halogens is 2. The van der Waals surface area contributed by atoms with Crippen molar-refractivity contribution in [2.45, 2.75) is 77.3 Å². The Labute approximate surface area is 262 Å². The number of nitrogens with one attached hydrogen (secondary N) is 2. The fraction of sp³-hybridized carbons (Fsp3) is 0.531. The van der Waals surface area contributed by atoms with E-state index in [1.165, 1.54) is 18.0 Å². The van der Waals surface area contributed by atoms with E-state index in [9.17, 15) is 28.3 Å². The van der Waals surface area contributed by atoms with Gasteiger partial charge in [-0.25, -0.2) is 13.6 Å². The van der Waals surface area contributed by atoms with E-state index in [4.69, 9.17) is 9.47 Å². The number of fused-ring (bicyclic) bond motifs is 1. The van der Waals surface area contributed by atoms with Crippen molar-refractivity contribution in [2.24, 2.45) is 5.41 Å². The van der Waals surface area contributed by atoms with Gasteiger partial charge >= 0.3 is 6.09 Å². The van der Waals surface area contributed by atoms with Gasteiger partial charge in [0.05, 0.1) is 6.04 Å². The zero-order valence-corrected chi connectivity index (χ0v) is 26.5. The van der Waals surface area contributed by atoms with Gasteiger partial charge in [0.1, 0.15) is 30.5 Å². The molecule has 11 nitrogen and oxygen atoms in total. The number of rotatable bonds is 10. The summed E-state index contributed by atoms with van der Waals surface area (Å²) in [5.41, 5.74) is 0.0779. The first-order valence-corrected chi connectivity index (χ1v) is 15.0. The van der Waals surface area contributed by atoms with Crippen LogP contribution >= 0.6 is 0 Å². The minimum atomic E-state index is -1.06. The summed E-state index contributed by atoms with van der Waals surface area (Å²) in [5.74, 6) is -2.87. The summed E-state index contributed by atoms with van der Waals surface area (Å²) in [6.07, 6.45) is -1.88. The molecule has 2 aliphatic heterocycles. The van der Waals surface area contributed by atoms with Gasteiger partial charge in [-0.15, -0.1) is 0 Å². The van der Waals surface area contributed by atoms with Crippen molar-refractivity contribution < 1.29 is 37.7 Å². The molecule has 4 rings (SSSR count). The van der Waals surface area contributed by atoms with Crippen molar-refractivity contribution in [3.63, 3.8) is 0 Å². The lowest BCUT2D eigenvalue weighted by molar-refractivity contribution is -0.142. The number of aliphatic hydroxyl groups is 1. The molecule has 0 radical (unpaired) electrons. The van der Waals surface area contributed by atoms with Crippen molar-refractivity contribution in [3.05, 3.63) is 65.7 Å². The Bertz CT molecular complexity index is 1360. The van der Waals surface area contributed by atoms with Gasteiger partial charge < -0.3 is 24.8 Å². The smallest absolute Gasteiger partial charge is 0.410 e. The van der Waals surface area contributed by atoms with E-state index in [-0.39, 0.29) is 30.9 Å². The first kappa shape index (κ1) is 34.1. The lowest BCUT2D eigenvalue weighted by Gasteiger charge is -2.37. The highest BCUT2D eigenvalue weighted by molar-refractivity contribution is 5.92. The molecule has 2 fully saturated rings. The number of carbonyl (C=O) groups excluding carboxylic acids is 3. The lowest BCUT2D eigenvalue weighted by Crippen LogP contribution is -2.60. The predicted molar refractivity (Wildman–Crippen MR) is 162 cm³/mol. The predicted octanol–water partition coefficient (Wildman–Crippen LogP) is 2.68. The Hall–Kier alpha value is -3.81. The van der Waals surface area contributed by atoms with Crippen LogP contribution in [0.5, 0.6) is 5.75 Å². The Morgan fingerprint density at radius 3 is 2.42 bits per heavy atom. The van der Waals surface area contributed by atoms with Gasteiger partial charge in [-0.3, -0.25) is 24.7 Å². The number of ether oxygens (including phenoxy) is 2.